The molecule has 0 amide bonds. The predicted octanol–water partition coefficient (Wildman–Crippen LogP) is -0.603. The minimum absolute atomic E-state index is 0.963. The van der Waals surface area contributed by atoms with Crippen LogP contribution in [-0.4, -0.2) is 0 Å². The highest BCUT2D eigenvalue weighted by Gasteiger charge is 2.16. The number of aryl methyl sites for hydroxylation is 3. The van der Waals surface area contributed by atoms with Crippen LogP contribution >= 0.6 is 0 Å². The summed E-state index contributed by atoms with van der Waals surface area (Å²) in [7, 11) is -4.94. The summed E-state index contributed by atoms with van der Waals surface area (Å²) in [4.78, 5) is 0. The van der Waals surface area contributed by atoms with Crippen molar-refractivity contribution in [3.63, 3.8) is 0 Å². The van der Waals surface area contributed by atoms with E-state index in [1.807, 2.05) is 32.0 Å². The molecule has 1 heterocycles. The van der Waals surface area contributed by atoms with Crippen LogP contribution in [0.2, 0.25) is 0 Å². The van der Waals surface area contributed by atoms with Crippen molar-refractivity contribution < 1.29 is 33.3 Å². The van der Waals surface area contributed by atoms with Crippen molar-refractivity contribution in [2.24, 2.45) is 0 Å². The average molecular weight is 299 g/mol. The van der Waals surface area contributed by atoms with E-state index in [0.29, 0.717) is 0 Å². The van der Waals surface area contributed by atoms with E-state index in [1.165, 1.54) is 16.7 Å². The Kier molecular flexibility index (Phi) is 5.62. The fourth-order valence-corrected chi connectivity index (χ4v) is 2.01. The van der Waals surface area contributed by atoms with E-state index >= 15 is 0 Å². The second-order valence-electron chi connectivity index (χ2n) is 4.22. The Hall–Kier alpha value is -1.50. The third-order valence-corrected chi connectivity index (χ3v) is 2.54. The van der Waals surface area contributed by atoms with E-state index in [2.05, 4.69) is 25.1 Å². The lowest BCUT2D eigenvalue weighted by Crippen LogP contribution is -2.68. The van der Waals surface area contributed by atoms with Gasteiger partial charge in [0, 0.05) is 6.07 Å². The Labute approximate surface area is 119 Å². The van der Waals surface area contributed by atoms with E-state index in [-0.39, 0.29) is 0 Å². The highest BCUT2D eigenvalue weighted by Crippen LogP contribution is 2.27. The van der Waals surface area contributed by atoms with Gasteiger partial charge >= 0.3 is 11.5 Å². The van der Waals surface area contributed by atoms with Crippen molar-refractivity contribution >= 4 is 0 Å². The summed E-state index contributed by atoms with van der Waals surface area (Å²) in [6, 6.07) is 12.4. The first-order valence-electron chi connectivity index (χ1n) is 5.76. The molecule has 2 rings (SSSR count). The highest BCUT2D eigenvalue weighted by atomic mass is 35.7. The highest BCUT2D eigenvalue weighted by molar-refractivity contribution is 5.68. The molecule has 0 unspecified atom stereocenters. The van der Waals surface area contributed by atoms with Gasteiger partial charge in [0.15, 0.2) is 0 Å². The maximum atomic E-state index is 8.49. The number of halogens is 1. The molecule has 5 nitrogen and oxygen atoms in total. The molecule has 0 aliphatic carbocycles. The topological polar surface area (TPSA) is 104 Å². The smallest absolute Gasteiger partial charge is 0.222 e. The average Bonchev–Trinajstić information content (AvgIpc) is 2.26. The zero-order valence-corrected chi connectivity index (χ0v) is 12.1. The van der Waals surface area contributed by atoms with E-state index < -0.39 is 10.2 Å². The Balaban J connectivity index is 0.000000347. The lowest BCUT2D eigenvalue weighted by molar-refractivity contribution is -2.00. The molecule has 0 saturated carbocycles. The van der Waals surface area contributed by atoms with Gasteiger partial charge in [0.05, 0.1) is 19.4 Å². The Morgan fingerprint density at radius 3 is 1.85 bits per heavy atom. The van der Waals surface area contributed by atoms with Gasteiger partial charge < -0.3 is 0 Å². The molecule has 0 atom stereocenters. The van der Waals surface area contributed by atoms with Crippen molar-refractivity contribution in [2.75, 3.05) is 0 Å². The molecule has 0 bridgehead atoms. The zero-order valence-electron chi connectivity index (χ0n) is 11.4. The fourth-order valence-electron chi connectivity index (χ4n) is 2.01. The molecule has 0 saturated heterocycles. The quantitative estimate of drug-likeness (QED) is 0.654. The van der Waals surface area contributed by atoms with Gasteiger partial charge in [-0.2, -0.15) is 0 Å². The van der Waals surface area contributed by atoms with Gasteiger partial charge in [-0.1, -0.05) is 30.3 Å². The molecule has 0 spiro atoms. The monoisotopic (exact) mass is 298 g/mol. The van der Waals surface area contributed by atoms with Crippen molar-refractivity contribution in [1.29, 1.82) is 0 Å². The molecular formula is C14H15ClO5. The van der Waals surface area contributed by atoms with Gasteiger partial charge in [-0.15, -0.1) is 10.2 Å². The van der Waals surface area contributed by atoms with Crippen LogP contribution in [0.4, 0.5) is 0 Å². The third kappa shape index (κ3) is 5.64. The Morgan fingerprint density at radius 1 is 0.900 bits per heavy atom. The molecule has 108 valence electrons. The molecule has 1 aromatic heterocycles. The summed E-state index contributed by atoms with van der Waals surface area (Å²) in [6.45, 7) is 6.12. The largest absolute Gasteiger partial charge is 0.334 e. The molecule has 1 aromatic carbocycles. The van der Waals surface area contributed by atoms with Gasteiger partial charge in [0.1, 0.15) is 0 Å². The van der Waals surface area contributed by atoms with Crippen LogP contribution in [0.25, 0.3) is 11.1 Å². The molecule has 0 fully saturated rings. The number of rotatable bonds is 1. The van der Waals surface area contributed by atoms with Gasteiger partial charge in [-0.25, -0.2) is 23.1 Å². The molecule has 6 heteroatoms. The molecule has 0 N–H and O–H groups in total. The maximum absolute atomic E-state index is 8.49. The first kappa shape index (κ1) is 16.6. The van der Waals surface area contributed by atoms with Gasteiger partial charge in [-0.05, 0) is 18.1 Å². The number of benzene rings is 1. The van der Waals surface area contributed by atoms with Crippen molar-refractivity contribution in [2.45, 2.75) is 20.8 Å². The normalized spacial score (nSPS) is 10.8. The maximum Gasteiger partial charge on any atom is 0.334 e. The van der Waals surface area contributed by atoms with Gasteiger partial charge in [-0.3, -0.25) is 0 Å². The van der Waals surface area contributed by atoms with E-state index in [9.17, 15) is 0 Å². The third-order valence-electron chi connectivity index (χ3n) is 2.54. The summed E-state index contributed by atoms with van der Waals surface area (Å²) in [5.41, 5.74) is 3.69. The van der Waals surface area contributed by atoms with Crippen LogP contribution in [0.5, 0.6) is 0 Å². The molecule has 20 heavy (non-hydrogen) atoms. The standard InChI is InChI=1S/C14H15O.ClHO4/c1-10-9-11(2)15-12(3)14(10)13-7-5-4-6-8-13;2-1(3,4)5/h4-9H,1-3H3;(H,2,3,4,5)/q+1;/p-1. The summed E-state index contributed by atoms with van der Waals surface area (Å²) in [5, 5.41) is 0. The lowest BCUT2D eigenvalue weighted by atomic mass is 10.0. The summed E-state index contributed by atoms with van der Waals surface area (Å²) in [6.07, 6.45) is 0. The van der Waals surface area contributed by atoms with Crippen LogP contribution in [0, 0.1) is 31.0 Å². The second-order valence-corrected chi connectivity index (χ2v) is 4.97. The van der Waals surface area contributed by atoms with E-state index in [4.69, 9.17) is 23.1 Å². The first-order chi connectivity index (χ1) is 9.18. The minimum atomic E-state index is -4.94. The van der Waals surface area contributed by atoms with Crippen LogP contribution in [-0.2, 0) is 0 Å². The van der Waals surface area contributed by atoms with E-state index in [1.54, 1.807) is 0 Å². The molecule has 0 radical (unpaired) electrons. The van der Waals surface area contributed by atoms with Crippen LogP contribution < -0.4 is 18.6 Å². The SMILES string of the molecule is Cc1cc(C)c(-c2ccccc2)c(C)[o+]1.[O-][Cl+3]([O-])([O-])[O-]. The molecular weight excluding hydrogens is 284 g/mol. The Bertz CT molecular complexity index is 535. The molecule has 0 aliphatic heterocycles. The summed E-state index contributed by atoms with van der Waals surface area (Å²) in [5.74, 6) is 1.95. The second kappa shape index (κ2) is 6.78. The predicted molar refractivity (Wildman–Crippen MR) is 62.8 cm³/mol. The Morgan fingerprint density at radius 2 is 1.40 bits per heavy atom. The molecule has 0 aliphatic rings. The van der Waals surface area contributed by atoms with E-state index in [0.717, 1.165) is 11.5 Å². The van der Waals surface area contributed by atoms with Crippen LogP contribution in [0.15, 0.2) is 40.8 Å². The summed E-state index contributed by atoms with van der Waals surface area (Å²) < 4.78 is 39.6. The first-order valence-corrected chi connectivity index (χ1v) is 7.00. The lowest BCUT2D eigenvalue weighted by Gasteiger charge is -2.17. The van der Waals surface area contributed by atoms with Crippen LogP contribution in [0.1, 0.15) is 17.1 Å². The number of hydrogen-bond donors (Lipinski definition) is 0. The van der Waals surface area contributed by atoms with Crippen molar-refractivity contribution in [3.8, 4) is 11.1 Å². The fraction of sp³-hybridized carbons (Fsp3) is 0.214. The van der Waals surface area contributed by atoms with Crippen molar-refractivity contribution in [1.82, 2.24) is 0 Å². The number of hydrogen-bond acceptors (Lipinski definition) is 4. The zero-order chi connectivity index (χ0) is 15.3. The van der Waals surface area contributed by atoms with Gasteiger partial charge in [0.25, 0.3) is 0 Å². The molecule has 2 aromatic rings. The van der Waals surface area contributed by atoms with Crippen LogP contribution in [0.3, 0.4) is 0 Å². The van der Waals surface area contributed by atoms with Gasteiger partial charge in [0.2, 0.25) is 0 Å². The van der Waals surface area contributed by atoms with Crippen molar-refractivity contribution in [3.05, 3.63) is 53.5 Å². The minimum Gasteiger partial charge on any atom is -0.222 e. The summed E-state index contributed by atoms with van der Waals surface area (Å²) >= 11 is 0.